The number of aliphatic hydroxyl groups excluding tert-OH is 1. The summed E-state index contributed by atoms with van der Waals surface area (Å²) >= 11 is 0. The van der Waals surface area contributed by atoms with E-state index >= 15 is 0 Å². The van der Waals surface area contributed by atoms with Crippen molar-refractivity contribution in [2.45, 2.75) is 12.5 Å². The van der Waals surface area contributed by atoms with Crippen molar-refractivity contribution in [1.29, 1.82) is 0 Å². The zero-order valence-corrected chi connectivity index (χ0v) is 7.69. The molecule has 6 N–H and O–H groups in total. The molecule has 1 unspecified atom stereocenters. The number of aliphatic hydroxyl groups is 1. The lowest BCUT2D eigenvalue weighted by atomic mass is 10.3. The maximum atomic E-state index is 10.9. The van der Waals surface area contributed by atoms with Crippen LogP contribution in [0.3, 0.4) is 0 Å². The van der Waals surface area contributed by atoms with Gasteiger partial charge in [-0.15, -0.1) is 0 Å². The van der Waals surface area contributed by atoms with Crippen molar-refractivity contribution in [3.8, 4) is 0 Å². The van der Waals surface area contributed by atoms with Crippen LogP contribution in [-0.2, 0) is 4.79 Å². The van der Waals surface area contributed by atoms with Crippen LogP contribution in [0, 0.1) is 0 Å². The van der Waals surface area contributed by atoms with E-state index in [-0.39, 0.29) is 6.54 Å². The third-order valence-electron chi connectivity index (χ3n) is 1.41. The Labute approximate surface area is 81.3 Å². The van der Waals surface area contributed by atoms with E-state index in [1.807, 2.05) is 0 Å². The highest BCUT2D eigenvalue weighted by Gasteiger charge is 2.13. The van der Waals surface area contributed by atoms with Crippen LogP contribution in [0.5, 0.6) is 0 Å². The second-order valence-electron chi connectivity index (χ2n) is 2.63. The van der Waals surface area contributed by atoms with Gasteiger partial charge in [-0.25, -0.2) is 9.59 Å². The van der Waals surface area contributed by atoms with Crippen molar-refractivity contribution >= 4 is 12.0 Å². The van der Waals surface area contributed by atoms with Crippen molar-refractivity contribution in [2.24, 2.45) is 5.73 Å². The van der Waals surface area contributed by atoms with Crippen LogP contribution in [-0.4, -0.2) is 48.0 Å². The number of carboxylic acids is 1. The third kappa shape index (κ3) is 6.21. The smallest absolute Gasteiger partial charge is 0.334 e. The van der Waals surface area contributed by atoms with Crippen molar-refractivity contribution in [2.75, 3.05) is 19.6 Å². The van der Waals surface area contributed by atoms with Crippen LogP contribution in [0.2, 0.25) is 0 Å². The van der Waals surface area contributed by atoms with Crippen LogP contribution < -0.4 is 16.4 Å². The molecule has 0 aliphatic heterocycles. The van der Waals surface area contributed by atoms with Gasteiger partial charge in [0.05, 0.1) is 6.54 Å². The number of hydrogen-bond donors (Lipinski definition) is 5. The summed E-state index contributed by atoms with van der Waals surface area (Å²) in [7, 11) is 0. The van der Waals surface area contributed by atoms with Crippen molar-refractivity contribution in [3.63, 3.8) is 0 Å². The number of nitrogens with one attached hydrogen (secondary N) is 2. The monoisotopic (exact) mass is 205 g/mol. The van der Waals surface area contributed by atoms with Gasteiger partial charge in [0.25, 0.3) is 0 Å². The van der Waals surface area contributed by atoms with Gasteiger partial charge in [0.15, 0.2) is 6.10 Å². The molecule has 0 aliphatic carbocycles. The topological polar surface area (TPSA) is 125 Å². The molecule has 0 rings (SSSR count). The van der Waals surface area contributed by atoms with E-state index in [9.17, 15) is 9.59 Å². The maximum absolute atomic E-state index is 10.9. The van der Waals surface area contributed by atoms with Gasteiger partial charge in [0.1, 0.15) is 0 Å². The summed E-state index contributed by atoms with van der Waals surface area (Å²) in [5, 5.41) is 21.7. The zero-order chi connectivity index (χ0) is 11.0. The third-order valence-corrected chi connectivity index (χ3v) is 1.41. The summed E-state index contributed by atoms with van der Waals surface area (Å²) in [5.74, 6) is -1.37. The first-order chi connectivity index (χ1) is 6.57. The zero-order valence-electron chi connectivity index (χ0n) is 7.69. The van der Waals surface area contributed by atoms with Gasteiger partial charge in [-0.05, 0) is 13.0 Å². The molecule has 14 heavy (non-hydrogen) atoms. The highest BCUT2D eigenvalue weighted by atomic mass is 16.4. The minimum atomic E-state index is -1.57. The van der Waals surface area contributed by atoms with Crippen LogP contribution in [0.4, 0.5) is 4.79 Å². The van der Waals surface area contributed by atoms with Crippen LogP contribution in [0.15, 0.2) is 0 Å². The van der Waals surface area contributed by atoms with E-state index in [1.54, 1.807) is 0 Å². The van der Waals surface area contributed by atoms with Crippen LogP contribution in [0.25, 0.3) is 0 Å². The highest BCUT2D eigenvalue weighted by Crippen LogP contribution is 1.79. The van der Waals surface area contributed by atoms with E-state index < -0.39 is 18.1 Å². The van der Waals surface area contributed by atoms with Gasteiger partial charge in [-0.1, -0.05) is 0 Å². The molecule has 1 atom stereocenters. The second kappa shape index (κ2) is 7.10. The fraction of sp³-hybridized carbons (Fsp3) is 0.714. The number of carbonyl (C=O) groups is 2. The molecule has 0 radical (unpaired) electrons. The Bertz CT molecular complexity index is 197. The molecule has 7 heteroatoms. The molecule has 0 saturated heterocycles. The molecular formula is C7H15N3O4. The average molecular weight is 205 g/mol. The molecule has 0 saturated carbocycles. The minimum Gasteiger partial charge on any atom is -0.479 e. The number of aliphatic carboxylic acids is 1. The largest absolute Gasteiger partial charge is 0.479 e. The van der Waals surface area contributed by atoms with E-state index in [2.05, 4.69) is 10.6 Å². The van der Waals surface area contributed by atoms with Gasteiger partial charge >= 0.3 is 12.0 Å². The number of amides is 2. The Morgan fingerprint density at radius 3 is 2.50 bits per heavy atom. The quantitative estimate of drug-likeness (QED) is 0.323. The molecule has 0 fully saturated rings. The molecule has 82 valence electrons. The molecule has 7 nitrogen and oxygen atoms in total. The van der Waals surface area contributed by atoms with E-state index in [1.165, 1.54) is 0 Å². The lowest BCUT2D eigenvalue weighted by Gasteiger charge is -2.08. The van der Waals surface area contributed by atoms with Gasteiger partial charge in [0, 0.05) is 6.54 Å². The Balaban J connectivity index is 3.48. The molecule has 0 aliphatic rings. The fourth-order valence-electron chi connectivity index (χ4n) is 0.643. The van der Waals surface area contributed by atoms with Gasteiger partial charge in [-0.3, -0.25) is 0 Å². The summed E-state index contributed by atoms with van der Waals surface area (Å²) in [6.45, 7) is 0.577. The number of urea groups is 1. The second-order valence-corrected chi connectivity index (χ2v) is 2.63. The molecule has 0 heterocycles. The number of hydrogen-bond acceptors (Lipinski definition) is 4. The fourth-order valence-corrected chi connectivity index (χ4v) is 0.643. The summed E-state index contributed by atoms with van der Waals surface area (Å²) in [6, 6.07) is -0.515. The maximum Gasteiger partial charge on any atom is 0.334 e. The van der Waals surface area contributed by atoms with Crippen molar-refractivity contribution in [1.82, 2.24) is 10.6 Å². The first-order valence-electron chi connectivity index (χ1n) is 4.20. The molecule has 0 spiro atoms. The number of nitrogens with two attached hydrogens (primary N) is 1. The molecular weight excluding hydrogens is 190 g/mol. The summed E-state index contributed by atoms with van der Waals surface area (Å²) in [5.41, 5.74) is 5.19. The van der Waals surface area contributed by atoms with Gasteiger partial charge in [-0.2, -0.15) is 0 Å². The summed E-state index contributed by atoms with van der Waals surface area (Å²) < 4.78 is 0. The molecule has 0 aromatic heterocycles. The first kappa shape index (κ1) is 12.7. The van der Waals surface area contributed by atoms with Gasteiger partial charge in [0.2, 0.25) is 0 Å². The normalized spacial score (nSPS) is 11.9. The predicted octanol–water partition coefficient (Wildman–Crippen LogP) is -1.92. The Kier molecular flexibility index (Phi) is 6.42. The van der Waals surface area contributed by atoms with Crippen molar-refractivity contribution < 1.29 is 19.8 Å². The Morgan fingerprint density at radius 2 is 2.00 bits per heavy atom. The van der Waals surface area contributed by atoms with Crippen molar-refractivity contribution in [3.05, 3.63) is 0 Å². The lowest BCUT2D eigenvalue weighted by Crippen LogP contribution is -2.42. The standard InChI is InChI=1S/C7H15N3O4/c8-2-1-3-9-7(14)10-4-5(11)6(12)13/h5,11H,1-4,8H2,(H,12,13)(H2,9,10,14). The SMILES string of the molecule is NCCCNC(=O)NCC(O)C(=O)O. The van der Waals surface area contributed by atoms with E-state index in [0.717, 1.165) is 0 Å². The molecule has 0 aromatic carbocycles. The Morgan fingerprint density at radius 1 is 1.36 bits per heavy atom. The molecule has 0 bridgehead atoms. The van der Waals surface area contributed by atoms with E-state index in [0.29, 0.717) is 19.5 Å². The average Bonchev–Trinajstić information content (AvgIpc) is 2.14. The minimum absolute atomic E-state index is 0.316. The highest BCUT2D eigenvalue weighted by molar-refractivity contribution is 5.76. The molecule has 0 aromatic rings. The number of rotatable bonds is 6. The lowest BCUT2D eigenvalue weighted by molar-refractivity contribution is -0.146. The number of carboxylic acid groups (broad SMARTS) is 1. The van der Waals surface area contributed by atoms with Crippen LogP contribution in [0.1, 0.15) is 6.42 Å². The molecule has 2 amide bonds. The number of carbonyl (C=O) groups excluding carboxylic acids is 1. The first-order valence-corrected chi connectivity index (χ1v) is 4.20. The predicted molar refractivity (Wildman–Crippen MR) is 48.7 cm³/mol. The summed E-state index contributed by atoms with van der Waals surface area (Å²) in [6.07, 6.45) is -0.926. The Hall–Kier alpha value is -1.34. The summed E-state index contributed by atoms with van der Waals surface area (Å²) in [4.78, 5) is 21.0. The van der Waals surface area contributed by atoms with Gasteiger partial charge < -0.3 is 26.6 Å². The van der Waals surface area contributed by atoms with E-state index in [4.69, 9.17) is 15.9 Å². The van der Waals surface area contributed by atoms with Crippen LogP contribution >= 0.6 is 0 Å².